The fraction of sp³-hybridized carbons (Fsp3) is 0. The highest BCUT2D eigenvalue weighted by Crippen LogP contribution is 2.03. The Hall–Kier alpha value is -0.730. The number of aliphatic imine (C=N–C) groups is 2. The third kappa shape index (κ3) is 0.911. The van der Waals surface area contributed by atoms with Crippen LogP contribution in [0.25, 0.3) is 0 Å². The normalized spacial score (nSPS) is 16.1. The van der Waals surface area contributed by atoms with Crippen molar-refractivity contribution in [3.8, 4) is 0 Å². The summed E-state index contributed by atoms with van der Waals surface area (Å²) in [5.74, 6) is 2.36. The van der Waals surface area contributed by atoms with Crippen LogP contribution in [0.4, 0.5) is 0 Å². The van der Waals surface area contributed by atoms with Gasteiger partial charge in [0.25, 0.3) is 0 Å². The summed E-state index contributed by atoms with van der Waals surface area (Å²) in [6.45, 7) is 0. The molecule has 0 aromatic carbocycles. The Morgan fingerprint density at radius 1 is 1.75 bits per heavy atom. The lowest BCUT2D eigenvalue weighted by molar-refractivity contribution is 1.32. The van der Waals surface area contributed by atoms with E-state index < -0.39 is 0 Å². The second kappa shape index (κ2) is 2.03. The number of hydrogen-bond acceptors (Lipinski definition) is 3. The minimum Gasteiger partial charge on any atom is -0.255 e. The highest BCUT2D eigenvalue weighted by molar-refractivity contribution is 9.19. The predicted molar refractivity (Wildman–Crippen MR) is 36.1 cm³/mol. The molecule has 0 unspecified atom stereocenters. The average molecular weight is 172 g/mol. The van der Waals surface area contributed by atoms with Crippen molar-refractivity contribution in [2.24, 2.45) is 9.98 Å². The molecule has 0 aromatic rings. The number of rotatable bonds is 0. The van der Waals surface area contributed by atoms with E-state index in [2.05, 4.69) is 25.9 Å². The Morgan fingerprint density at radius 3 is 2.75 bits per heavy atom. The maximum Gasteiger partial charge on any atom is 0.216 e. The zero-order valence-electron chi connectivity index (χ0n) is 3.85. The van der Waals surface area contributed by atoms with Gasteiger partial charge < -0.3 is 0 Å². The summed E-state index contributed by atoms with van der Waals surface area (Å²) in [4.78, 5) is 7.41. The third-order valence-electron chi connectivity index (χ3n) is 0.618. The molecule has 0 spiro atoms. The van der Waals surface area contributed by atoms with Gasteiger partial charge in [0, 0.05) is 5.87 Å². The van der Waals surface area contributed by atoms with Gasteiger partial charge in [0.2, 0.25) is 5.82 Å². The van der Waals surface area contributed by atoms with Crippen LogP contribution < -0.4 is 0 Å². The van der Waals surface area contributed by atoms with Gasteiger partial charge in [-0.1, -0.05) is 0 Å². The van der Waals surface area contributed by atoms with Gasteiger partial charge in [-0.05, 0) is 15.9 Å². The van der Waals surface area contributed by atoms with Gasteiger partial charge >= 0.3 is 0 Å². The van der Waals surface area contributed by atoms with E-state index in [1.54, 1.807) is 0 Å². The second-order valence-corrected chi connectivity index (χ2v) is 1.95. The molecule has 1 rings (SSSR count). The van der Waals surface area contributed by atoms with Crippen LogP contribution in [-0.2, 0) is 0 Å². The molecular formula is C4H2BrN3. The molecule has 0 saturated heterocycles. The summed E-state index contributed by atoms with van der Waals surface area (Å²) in [6.07, 6.45) is 1.52. The van der Waals surface area contributed by atoms with E-state index in [-0.39, 0.29) is 0 Å². The van der Waals surface area contributed by atoms with Crippen molar-refractivity contribution in [3.05, 3.63) is 5.82 Å². The fourth-order valence-corrected chi connectivity index (χ4v) is 0.604. The maximum absolute atomic E-state index is 6.56. The highest BCUT2D eigenvalue weighted by Gasteiger charge is 1.98. The van der Waals surface area contributed by atoms with Crippen molar-refractivity contribution in [1.82, 2.24) is 0 Å². The maximum atomic E-state index is 6.56. The molecule has 0 aliphatic carbocycles. The van der Waals surface area contributed by atoms with E-state index in [1.165, 1.54) is 6.21 Å². The summed E-state index contributed by atoms with van der Waals surface area (Å²) < 4.78 is 0.646. The number of hydrogen-bond donors (Lipinski definition) is 1. The lowest BCUT2D eigenvalue weighted by Crippen LogP contribution is -1.75. The number of nitrogens with one attached hydrogen (secondary N) is 1. The van der Waals surface area contributed by atoms with Crippen LogP contribution in [-0.4, -0.2) is 16.7 Å². The van der Waals surface area contributed by atoms with E-state index in [1.807, 2.05) is 5.87 Å². The van der Waals surface area contributed by atoms with Gasteiger partial charge in [-0.25, -0.2) is 9.98 Å². The predicted octanol–water partition coefficient (Wildman–Crippen LogP) is 0.954. The summed E-state index contributed by atoms with van der Waals surface area (Å²) in [5, 5.41) is 6.56. The van der Waals surface area contributed by atoms with Crippen LogP contribution >= 0.6 is 15.9 Å². The van der Waals surface area contributed by atoms with Crippen LogP contribution in [0.15, 0.2) is 15.8 Å². The SMILES string of the molecule is N=C=C1N=CC(Br)=N1. The van der Waals surface area contributed by atoms with Crippen LogP contribution in [0.1, 0.15) is 0 Å². The molecule has 0 aromatic heterocycles. The zero-order chi connectivity index (χ0) is 5.98. The van der Waals surface area contributed by atoms with E-state index >= 15 is 0 Å². The minimum atomic E-state index is 0.317. The molecule has 1 N–H and O–H groups in total. The molecule has 40 valence electrons. The Bertz CT molecular complexity index is 209. The topological polar surface area (TPSA) is 48.6 Å². The highest BCUT2D eigenvalue weighted by atomic mass is 79.9. The van der Waals surface area contributed by atoms with Crippen molar-refractivity contribution in [1.29, 1.82) is 5.41 Å². The first-order chi connectivity index (χ1) is 3.83. The zero-order valence-corrected chi connectivity index (χ0v) is 5.44. The van der Waals surface area contributed by atoms with E-state index in [9.17, 15) is 0 Å². The smallest absolute Gasteiger partial charge is 0.216 e. The largest absolute Gasteiger partial charge is 0.255 e. The molecule has 0 radical (unpaired) electrons. The molecule has 0 fully saturated rings. The first kappa shape index (κ1) is 5.41. The standard InChI is InChI=1S/C4H2BrN3/c5-3-2-7-4(1-6)8-3/h2,6H. The Balaban J connectivity index is 3.01. The molecular weight excluding hydrogens is 170 g/mol. The first-order valence-corrected chi connectivity index (χ1v) is 2.70. The molecule has 0 saturated carbocycles. The lowest BCUT2D eigenvalue weighted by atomic mass is 10.8. The van der Waals surface area contributed by atoms with Gasteiger partial charge in [-0.2, -0.15) is 0 Å². The van der Waals surface area contributed by atoms with Gasteiger partial charge in [0.1, 0.15) is 4.62 Å². The monoisotopic (exact) mass is 171 g/mol. The van der Waals surface area contributed by atoms with Crippen molar-refractivity contribution in [2.45, 2.75) is 0 Å². The van der Waals surface area contributed by atoms with Crippen LogP contribution in [0.3, 0.4) is 0 Å². The first-order valence-electron chi connectivity index (χ1n) is 1.91. The molecule has 3 nitrogen and oxygen atoms in total. The summed E-state index contributed by atoms with van der Waals surface area (Å²) in [6, 6.07) is 0. The van der Waals surface area contributed by atoms with Crippen LogP contribution in [0, 0.1) is 5.41 Å². The number of nitrogens with zero attached hydrogens (tertiary/aromatic N) is 2. The molecule has 0 amide bonds. The van der Waals surface area contributed by atoms with Crippen molar-refractivity contribution in [3.63, 3.8) is 0 Å². The molecule has 1 aliphatic rings. The van der Waals surface area contributed by atoms with Crippen molar-refractivity contribution in [2.75, 3.05) is 0 Å². The second-order valence-electron chi connectivity index (χ2n) is 1.14. The molecule has 4 heteroatoms. The average Bonchev–Trinajstić information content (AvgIpc) is 2.14. The Morgan fingerprint density at radius 2 is 2.50 bits per heavy atom. The number of halogens is 1. The van der Waals surface area contributed by atoms with Crippen LogP contribution in [0.2, 0.25) is 0 Å². The van der Waals surface area contributed by atoms with Gasteiger partial charge in [0.05, 0.1) is 6.21 Å². The van der Waals surface area contributed by atoms with Crippen LogP contribution in [0.5, 0.6) is 0 Å². The summed E-state index contributed by atoms with van der Waals surface area (Å²) >= 11 is 3.08. The molecule has 0 bridgehead atoms. The summed E-state index contributed by atoms with van der Waals surface area (Å²) in [5.41, 5.74) is 0. The molecule has 1 heterocycles. The fourth-order valence-electron chi connectivity index (χ4n) is 0.334. The molecule has 1 aliphatic heterocycles. The lowest BCUT2D eigenvalue weighted by Gasteiger charge is -1.72. The van der Waals surface area contributed by atoms with Gasteiger partial charge in [-0.15, -0.1) is 0 Å². The molecule has 0 atom stereocenters. The molecule has 8 heavy (non-hydrogen) atoms. The van der Waals surface area contributed by atoms with Gasteiger partial charge in [-0.3, -0.25) is 5.41 Å². The Kier molecular flexibility index (Phi) is 1.37. The van der Waals surface area contributed by atoms with E-state index in [0.717, 1.165) is 0 Å². The van der Waals surface area contributed by atoms with E-state index in [4.69, 9.17) is 5.41 Å². The van der Waals surface area contributed by atoms with Gasteiger partial charge in [0.15, 0.2) is 0 Å². The van der Waals surface area contributed by atoms with Crippen molar-refractivity contribution < 1.29 is 0 Å². The summed E-state index contributed by atoms with van der Waals surface area (Å²) in [7, 11) is 0. The quantitative estimate of drug-likeness (QED) is 0.529. The minimum absolute atomic E-state index is 0.317. The third-order valence-corrected chi connectivity index (χ3v) is 1.000. The van der Waals surface area contributed by atoms with Crippen molar-refractivity contribution >= 4 is 32.6 Å². The Labute approximate surface area is 54.5 Å². The van der Waals surface area contributed by atoms with E-state index in [0.29, 0.717) is 10.4 Å².